The molecule has 0 spiro atoms. The first-order chi connectivity index (χ1) is 14.1. The van der Waals surface area contributed by atoms with Crippen LogP contribution in [-0.2, 0) is 15.1 Å². The second-order valence-electron chi connectivity index (χ2n) is 6.58. The lowest BCUT2D eigenvalue weighted by Crippen LogP contribution is -2.45. The Labute approximate surface area is 177 Å². The number of urea groups is 2. The summed E-state index contributed by atoms with van der Waals surface area (Å²) in [7, 11) is 0. The molecule has 6 amide bonds. The molecule has 0 saturated carbocycles. The third-order valence-corrected chi connectivity index (χ3v) is 4.96. The van der Waals surface area contributed by atoms with E-state index in [2.05, 4.69) is 26.6 Å². The summed E-state index contributed by atoms with van der Waals surface area (Å²) >= 11 is 3.25. The Morgan fingerprint density at radius 3 is 2.40 bits per heavy atom. The van der Waals surface area contributed by atoms with Crippen LogP contribution in [0.25, 0.3) is 0 Å². The molecular formula is C19H15BrF2N4O4. The minimum absolute atomic E-state index is 0.00985. The van der Waals surface area contributed by atoms with Crippen molar-refractivity contribution in [1.82, 2.24) is 15.5 Å². The highest BCUT2D eigenvalue weighted by Crippen LogP contribution is 2.29. The van der Waals surface area contributed by atoms with Crippen molar-refractivity contribution in [1.29, 1.82) is 0 Å². The van der Waals surface area contributed by atoms with Gasteiger partial charge in [-0.2, -0.15) is 0 Å². The van der Waals surface area contributed by atoms with Gasteiger partial charge in [0.1, 0.15) is 12.1 Å². The summed E-state index contributed by atoms with van der Waals surface area (Å²) in [4.78, 5) is 49.6. The van der Waals surface area contributed by atoms with E-state index in [9.17, 15) is 28.0 Å². The molecule has 2 aromatic rings. The quantitative estimate of drug-likeness (QED) is 0.584. The summed E-state index contributed by atoms with van der Waals surface area (Å²) in [6, 6.07) is 7.59. The van der Waals surface area contributed by atoms with E-state index in [0.717, 1.165) is 22.7 Å². The van der Waals surface area contributed by atoms with Gasteiger partial charge in [0.2, 0.25) is 5.91 Å². The van der Waals surface area contributed by atoms with Gasteiger partial charge in [0.15, 0.2) is 11.6 Å². The lowest BCUT2D eigenvalue weighted by atomic mass is 9.92. The number of benzene rings is 2. The van der Waals surface area contributed by atoms with Gasteiger partial charge in [0, 0.05) is 10.2 Å². The molecule has 0 aliphatic carbocycles. The molecule has 1 saturated heterocycles. The van der Waals surface area contributed by atoms with Gasteiger partial charge >= 0.3 is 12.1 Å². The molecule has 0 radical (unpaired) electrons. The van der Waals surface area contributed by atoms with Gasteiger partial charge in [0.25, 0.3) is 5.91 Å². The van der Waals surface area contributed by atoms with Gasteiger partial charge in [-0.15, -0.1) is 0 Å². The molecule has 2 aromatic carbocycles. The fraction of sp³-hybridized carbons (Fsp3) is 0.158. The van der Waals surface area contributed by atoms with E-state index in [0.29, 0.717) is 10.6 Å². The smallest absolute Gasteiger partial charge is 0.319 e. The molecule has 1 fully saturated rings. The van der Waals surface area contributed by atoms with E-state index in [4.69, 9.17) is 0 Å². The van der Waals surface area contributed by atoms with Crippen LogP contribution in [0.5, 0.6) is 0 Å². The number of carbonyl (C=O) groups is 4. The number of rotatable bonds is 4. The third kappa shape index (κ3) is 4.30. The van der Waals surface area contributed by atoms with Crippen molar-refractivity contribution in [3.8, 4) is 0 Å². The summed E-state index contributed by atoms with van der Waals surface area (Å²) in [6.07, 6.45) is 0. The first-order valence-electron chi connectivity index (χ1n) is 8.56. The van der Waals surface area contributed by atoms with Crippen molar-refractivity contribution in [3.05, 3.63) is 64.1 Å². The van der Waals surface area contributed by atoms with Crippen LogP contribution in [-0.4, -0.2) is 35.3 Å². The maximum atomic E-state index is 13.6. The fourth-order valence-corrected chi connectivity index (χ4v) is 3.11. The largest absolute Gasteiger partial charge is 0.325 e. The molecule has 156 valence electrons. The molecule has 1 atom stereocenters. The van der Waals surface area contributed by atoms with E-state index in [1.807, 2.05) is 5.32 Å². The molecule has 3 rings (SSSR count). The minimum Gasteiger partial charge on any atom is -0.319 e. The molecule has 0 bridgehead atoms. The zero-order valence-corrected chi connectivity index (χ0v) is 17.0. The maximum absolute atomic E-state index is 13.6. The van der Waals surface area contributed by atoms with Crippen molar-refractivity contribution in [2.24, 2.45) is 0 Å². The monoisotopic (exact) mass is 480 g/mol. The van der Waals surface area contributed by atoms with Crippen LogP contribution >= 0.6 is 15.9 Å². The number of nitrogens with one attached hydrogen (secondary N) is 3. The molecule has 0 aromatic heterocycles. The van der Waals surface area contributed by atoms with Crippen LogP contribution in [0, 0.1) is 11.6 Å². The van der Waals surface area contributed by atoms with Gasteiger partial charge in [0.05, 0.1) is 0 Å². The summed E-state index contributed by atoms with van der Waals surface area (Å²) < 4.78 is 27.5. The van der Waals surface area contributed by atoms with Crippen molar-refractivity contribution < 1.29 is 28.0 Å². The van der Waals surface area contributed by atoms with Crippen molar-refractivity contribution >= 4 is 45.5 Å². The average molecular weight is 481 g/mol. The number of halogens is 3. The summed E-state index contributed by atoms with van der Waals surface area (Å²) in [5.74, 6) is -4.05. The topological polar surface area (TPSA) is 108 Å². The molecule has 8 nitrogen and oxygen atoms in total. The number of carbonyl (C=O) groups excluding carboxylic acids is 4. The molecule has 1 aliphatic heterocycles. The van der Waals surface area contributed by atoms with Crippen LogP contribution in [0.15, 0.2) is 46.9 Å². The normalized spacial score (nSPS) is 18.2. The molecule has 1 unspecified atom stereocenters. The minimum atomic E-state index is -1.69. The fourth-order valence-electron chi connectivity index (χ4n) is 2.85. The predicted molar refractivity (Wildman–Crippen MR) is 105 cm³/mol. The molecule has 1 aliphatic rings. The zero-order valence-electron chi connectivity index (χ0n) is 15.5. The molecule has 30 heavy (non-hydrogen) atoms. The average Bonchev–Trinajstić information content (AvgIpc) is 2.89. The standard InChI is InChI=1S/C19H15BrF2N4O4/c1-19(10-2-7-13(21)14(22)8-10)16(28)26(18(30)25-19)9-15(27)24-17(29)23-12-5-3-11(20)4-6-12/h2-8H,9H2,1H3,(H,25,30)(H2,23,24,27,29). The lowest BCUT2D eigenvalue weighted by Gasteiger charge is -2.22. The Morgan fingerprint density at radius 2 is 1.77 bits per heavy atom. The number of anilines is 1. The predicted octanol–water partition coefficient (Wildman–Crippen LogP) is 2.84. The summed E-state index contributed by atoms with van der Waals surface area (Å²) in [6.45, 7) is 0.565. The van der Waals surface area contributed by atoms with Crippen LogP contribution in [0.1, 0.15) is 12.5 Å². The second-order valence-corrected chi connectivity index (χ2v) is 7.50. The highest BCUT2D eigenvalue weighted by molar-refractivity contribution is 9.10. The molecule has 11 heteroatoms. The molecule has 1 heterocycles. The SMILES string of the molecule is CC1(c2ccc(F)c(F)c2)NC(=O)N(CC(=O)NC(=O)Nc2ccc(Br)cc2)C1=O. The van der Waals surface area contributed by atoms with Crippen LogP contribution in [0.3, 0.4) is 0 Å². The number of hydrogen-bond donors (Lipinski definition) is 3. The Morgan fingerprint density at radius 1 is 1.10 bits per heavy atom. The van der Waals surface area contributed by atoms with Crippen LogP contribution in [0.4, 0.5) is 24.1 Å². The van der Waals surface area contributed by atoms with Crippen molar-refractivity contribution in [2.75, 3.05) is 11.9 Å². The Bertz CT molecular complexity index is 1050. The van der Waals surface area contributed by atoms with Gasteiger partial charge in [-0.25, -0.2) is 18.4 Å². The maximum Gasteiger partial charge on any atom is 0.325 e. The van der Waals surface area contributed by atoms with E-state index in [1.165, 1.54) is 6.92 Å². The third-order valence-electron chi connectivity index (χ3n) is 4.43. The first kappa shape index (κ1) is 21.4. The first-order valence-corrected chi connectivity index (χ1v) is 9.35. The Kier molecular flexibility index (Phi) is 5.83. The van der Waals surface area contributed by atoms with E-state index < -0.39 is 47.6 Å². The van der Waals surface area contributed by atoms with Gasteiger partial charge in [-0.3, -0.25) is 19.8 Å². The van der Waals surface area contributed by atoms with E-state index in [1.54, 1.807) is 24.3 Å². The molecular weight excluding hydrogens is 466 g/mol. The van der Waals surface area contributed by atoms with Crippen LogP contribution < -0.4 is 16.0 Å². The van der Waals surface area contributed by atoms with Crippen molar-refractivity contribution in [2.45, 2.75) is 12.5 Å². The highest BCUT2D eigenvalue weighted by Gasteiger charge is 2.49. The van der Waals surface area contributed by atoms with E-state index in [-0.39, 0.29) is 5.56 Å². The zero-order chi connectivity index (χ0) is 22.1. The number of nitrogens with zero attached hydrogens (tertiary/aromatic N) is 1. The highest BCUT2D eigenvalue weighted by atomic mass is 79.9. The summed E-state index contributed by atoms with van der Waals surface area (Å²) in [5, 5.41) is 6.80. The van der Waals surface area contributed by atoms with E-state index >= 15 is 0 Å². The Hall–Kier alpha value is -3.34. The number of imide groups is 2. The summed E-state index contributed by atoms with van der Waals surface area (Å²) in [5.41, 5.74) is -1.26. The number of amides is 6. The van der Waals surface area contributed by atoms with Crippen LogP contribution in [0.2, 0.25) is 0 Å². The second kappa shape index (κ2) is 8.19. The Balaban J connectivity index is 1.66. The van der Waals surface area contributed by atoms with Crippen molar-refractivity contribution in [3.63, 3.8) is 0 Å². The lowest BCUT2D eigenvalue weighted by molar-refractivity contribution is -0.134. The van der Waals surface area contributed by atoms with Gasteiger partial charge in [-0.05, 0) is 48.9 Å². The number of hydrogen-bond acceptors (Lipinski definition) is 4. The van der Waals surface area contributed by atoms with Gasteiger partial charge < -0.3 is 10.6 Å². The van der Waals surface area contributed by atoms with Gasteiger partial charge in [-0.1, -0.05) is 22.0 Å². The molecule has 3 N–H and O–H groups in total.